The molecule has 0 aromatic heterocycles. The zero-order valence-corrected chi connectivity index (χ0v) is 19.8. The highest BCUT2D eigenvalue weighted by Crippen LogP contribution is 2.44. The molecule has 1 saturated carbocycles. The van der Waals surface area contributed by atoms with Crippen LogP contribution in [0.1, 0.15) is 12.8 Å². The van der Waals surface area contributed by atoms with Crippen LogP contribution >= 0.6 is 0 Å². The van der Waals surface area contributed by atoms with Gasteiger partial charge in [0.25, 0.3) is 0 Å². The molecule has 1 aliphatic carbocycles. The normalized spacial score (nSPS) is 19.4. The molecule has 0 N–H and O–H groups in total. The van der Waals surface area contributed by atoms with E-state index in [4.69, 9.17) is 4.74 Å². The van der Waals surface area contributed by atoms with Crippen molar-refractivity contribution in [2.45, 2.75) is 23.8 Å². The molecule has 180 valence electrons. The maximum atomic E-state index is 15.3. The molecular weight excluding hydrogens is 461 g/mol. The van der Waals surface area contributed by atoms with Crippen LogP contribution in [0.2, 0.25) is 0 Å². The number of nitrogens with zero attached hydrogens (tertiary/aromatic N) is 3. The quantitative estimate of drug-likeness (QED) is 0.596. The summed E-state index contributed by atoms with van der Waals surface area (Å²) in [5, 5.41) is 0. The van der Waals surface area contributed by atoms with Crippen molar-refractivity contribution in [3.8, 4) is 5.75 Å². The van der Waals surface area contributed by atoms with E-state index in [9.17, 15) is 13.2 Å². The van der Waals surface area contributed by atoms with Gasteiger partial charge in [0.2, 0.25) is 9.84 Å². The number of piperazine rings is 1. The molecule has 2 aliphatic heterocycles. The number of sulfone groups is 1. The topological polar surface area (TPSA) is 79.4 Å². The van der Waals surface area contributed by atoms with Gasteiger partial charge in [-0.3, -0.25) is 0 Å². The Morgan fingerprint density at radius 1 is 0.971 bits per heavy atom. The first-order valence-corrected chi connectivity index (χ1v) is 12.6. The van der Waals surface area contributed by atoms with Crippen LogP contribution < -0.4 is 19.4 Å². The van der Waals surface area contributed by atoms with Gasteiger partial charge >= 0.3 is 5.97 Å². The van der Waals surface area contributed by atoms with Crippen LogP contribution in [0.15, 0.2) is 52.4 Å². The van der Waals surface area contributed by atoms with Crippen LogP contribution in [0.4, 0.5) is 21.5 Å². The summed E-state index contributed by atoms with van der Waals surface area (Å²) in [6, 6.07) is 10.5. The van der Waals surface area contributed by atoms with Gasteiger partial charge in [0, 0.05) is 38.4 Å². The van der Waals surface area contributed by atoms with Gasteiger partial charge in [0.15, 0.2) is 4.91 Å². The molecule has 0 radical (unpaired) electrons. The number of hydrogen-bond donors (Lipinski definition) is 0. The monoisotopic (exact) mass is 487 g/mol. The molecule has 0 bridgehead atoms. The number of ether oxygens (including phenoxy) is 2. The number of para-hydroxylation sites is 2. The summed E-state index contributed by atoms with van der Waals surface area (Å²) in [4.78, 5) is 17.4. The van der Waals surface area contributed by atoms with Gasteiger partial charge in [-0.25, -0.2) is 17.6 Å². The van der Waals surface area contributed by atoms with E-state index in [0.717, 1.165) is 37.5 Å². The number of rotatable bonds is 5. The van der Waals surface area contributed by atoms with Crippen molar-refractivity contribution >= 4 is 32.9 Å². The lowest BCUT2D eigenvalue weighted by atomic mass is 10.1. The van der Waals surface area contributed by atoms with E-state index in [1.807, 2.05) is 29.2 Å². The fraction of sp³-hybridized carbons (Fsp3) is 0.375. The van der Waals surface area contributed by atoms with E-state index >= 15 is 4.39 Å². The third-order valence-electron chi connectivity index (χ3n) is 6.52. The lowest BCUT2D eigenvalue weighted by Gasteiger charge is -2.38. The summed E-state index contributed by atoms with van der Waals surface area (Å²) in [6.45, 7) is 2.45. The maximum absolute atomic E-state index is 15.3. The van der Waals surface area contributed by atoms with Gasteiger partial charge in [-0.2, -0.15) is 0 Å². The highest BCUT2D eigenvalue weighted by Gasteiger charge is 2.41. The van der Waals surface area contributed by atoms with Crippen molar-refractivity contribution in [3.05, 3.63) is 53.3 Å². The molecule has 0 atom stereocenters. The molecule has 2 heterocycles. The Morgan fingerprint density at radius 3 is 2.24 bits per heavy atom. The number of fused-ring (bicyclic) bond motifs is 1. The zero-order valence-electron chi connectivity index (χ0n) is 19.0. The summed E-state index contributed by atoms with van der Waals surface area (Å²) in [5.41, 5.74) is 1.75. The first-order chi connectivity index (χ1) is 16.3. The molecule has 0 spiro atoms. The molecule has 1 saturated heterocycles. The number of hydrogen-bond acceptors (Lipinski definition) is 8. The first kappa shape index (κ1) is 22.5. The lowest BCUT2D eigenvalue weighted by Crippen LogP contribution is -2.47. The van der Waals surface area contributed by atoms with E-state index in [-0.39, 0.29) is 10.9 Å². The van der Waals surface area contributed by atoms with Crippen LogP contribution in [0, 0.1) is 5.82 Å². The number of carbonyl (C=O) groups is 1. The number of esters is 1. The Bertz CT molecular complexity index is 1270. The number of benzene rings is 2. The number of methoxy groups -OCH3 is 2. The summed E-state index contributed by atoms with van der Waals surface area (Å²) >= 11 is 0. The molecule has 0 amide bonds. The summed E-state index contributed by atoms with van der Waals surface area (Å²) in [5.74, 6) is -0.794. The number of anilines is 3. The van der Waals surface area contributed by atoms with Gasteiger partial charge in [-0.05, 0) is 37.1 Å². The smallest absolute Gasteiger partial charge is 0.351 e. The molecule has 8 nitrogen and oxygen atoms in total. The standard InChI is InChI=1S/C24H26FN3O5S/c1-32-21-6-4-3-5-18(21)26-9-11-27(12-10-26)19-14-20-22(13-17(19)25)34(30,31)23(24(29)33-2)15-28(20)16-7-8-16/h3-6,13-16H,7-12H2,1-2H3. The Hall–Kier alpha value is -3.27. The van der Waals surface area contributed by atoms with E-state index in [2.05, 4.69) is 9.64 Å². The molecule has 2 aromatic carbocycles. The predicted octanol–water partition coefficient (Wildman–Crippen LogP) is 2.93. The van der Waals surface area contributed by atoms with Crippen LogP contribution in [-0.4, -0.2) is 60.8 Å². The van der Waals surface area contributed by atoms with Crippen molar-refractivity contribution in [2.24, 2.45) is 0 Å². The van der Waals surface area contributed by atoms with Crippen LogP contribution in [-0.2, 0) is 19.4 Å². The van der Waals surface area contributed by atoms with Gasteiger partial charge in [0.05, 0.1) is 36.2 Å². The molecule has 10 heteroatoms. The largest absolute Gasteiger partial charge is 0.495 e. The van der Waals surface area contributed by atoms with Crippen molar-refractivity contribution in [1.29, 1.82) is 0 Å². The summed E-state index contributed by atoms with van der Waals surface area (Å²) in [6.07, 6.45) is 3.08. The Kier molecular flexibility index (Phi) is 5.63. The van der Waals surface area contributed by atoms with Crippen molar-refractivity contribution < 1.29 is 27.1 Å². The van der Waals surface area contributed by atoms with Crippen LogP contribution in [0.5, 0.6) is 5.75 Å². The SMILES string of the molecule is COC(=O)C1=CN(C2CC2)c2cc(N3CCN(c4ccccc4OC)CC3)c(F)cc2S1(=O)=O. The number of halogens is 1. The highest BCUT2D eigenvalue weighted by molar-refractivity contribution is 7.96. The Balaban J connectivity index is 1.46. The highest BCUT2D eigenvalue weighted by atomic mass is 32.2. The molecule has 5 rings (SSSR count). The first-order valence-electron chi connectivity index (χ1n) is 11.1. The fourth-order valence-corrected chi connectivity index (χ4v) is 6.06. The van der Waals surface area contributed by atoms with Crippen molar-refractivity contribution in [3.63, 3.8) is 0 Å². The summed E-state index contributed by atoms with van der Waals surface area (Å²) < 4.78 is 51.6. The lowest BCUT2D eigenvalue weighted by molar-refractivity contribution is -0.135. The Labute approximate surface area is 198 Å². The van der Waals surface area contributed by atoms with Gasteiger partial charge in [-0.15, -0.1) is 0 Å². The third kappa shape index (κ3) is 3.75. The molecule has 3 aliphatic rings. The molecule has 34 heavy (non-hydrogen) atoms. The van der Waals surface area contributed by atoms with Crippen LogP contribution in [0.3, 0.4) is 0 Å². The average Bonchev–Trinajstić information content (AvgIpc) is 3.69. The zero-order chi connectivity index (χ0) is 24.0. The van der Waals surface area contributed by atoms with Crippen molar-refractivity contribution in [1.82, 2.24) is 0 Å². The van der Waals surface area contributed by atoms with E-state index in [1.165, 1.54) is 6.20 Å². The maximum Gasteiger partial charge on any atom is 0.351 e. The number of carbonyl (C=O) groups excluding carboxylic acids is 1. The molecule has 2 fully saturated rings. The van der Waals surface area contributed by atoms with Crippen LogP contribution in [0.25, 0.3) is 0 Å². The second kappa shape index (κ2) is 8.50. The van der Waals surface area contributed by atoms with E-state index < -0.39 is 26.5 Å². The van der Waals surface area contributed by atoms with E-state index in [0.29, 0.717) is 37.6 Å². The molecule has 0 unspecified atom stereocenters. The van der Waals surface area contributed by atoms with Crippen molar-refractivity contribution in [2.75, 3.05) is 55.1 Å². The second-order valence-electron chi connectivity index (χ2n) is 8.54. The molecular formula is C24H26FN3O5S. The minimum Gasteiger partial charge on any atom is -0.495 e. The van der Waals surface area contributed by atoms with Gasteiger partial charge in [-0.1, -0.05) is 12.1 Å². The minimum atomic E-state index is -4.19. The minimum absolute atomic E-state index is 0.0783. The predicted molar refractivity (Wildman–Crippen MR) is 127 cm³/mol. The van der Waals surface area contributed by atoms with Gasteiger partial charge in [0.1, 0.15) is 11.6 Å². The van der Waals surface area contributed by atoms with E-state index in [1.54, 1.807) is 18.1 Å². The second-order valence-corrected chi connectivity index (χ2v) is 10.4. The summed E-state index contributed by atoms with van der Waals surface area (Å²) in [7, 11) is -1.43. The Morgan fingerprint density at radius 2 is 1.62 bits per heavy atom. The molecule has 2 aromatic rings. The average molecular weight is 488 g/mol. The third-order valence-corrected chi connectivity index (χ3v) is 8.27. The fourth-order valence-electron chi connectivity index (χ4n) is 4.57. The van der Waals surface area contributed by atoms with Gasteiger partial charge < -0.3 is 24.2 Å².